The average Bonchev–Trinajstić information content (AvgIpc) is 2.45. The van der Waals surface area contributed by atoms with Gasteiger partial charge in [-0.25, -0.2) is 0 Å². The molecule has 2 aromatic carbocycles. The van der Waals surface area contributed by atoms with Crippen LogP contribution in [0.3, 0.4) is 0 Å². The van der Waals surface area contributed by atoms with E-state index in [0.29, 0.717) is 0 Å². The summed E-state index contributed by atoms with van der Waals surface area (Å²) in [7, 11) is 0. The molecule has 0 aromatic heterocycles. The highest BCUT2D eigenvalue weighted by molar-refractivity contribution is 5.48. The van der Waals surface area contributed by atoms with Crippen molar-refractivity contribution in [3.63, 3.8) is 0 Å². The van der Waals surface area contributed by atoms with Gasteiger partial charge in [0.15, 0.2) is 0 Å². The Morgan fingerprint density at radius 3 is 1.39 bits per heavy atom. The Balaban J connectivity index is 2.32. The Hall–Kier alpha value is -2.88. The fraction of sp³-hybridized carbons (Fsp3) is 0. The van der Waals surface area contributed by atoms with Gasteiger partial charge in [-0.2, -0.15) is 0 Å². The largest absolute Gasteiger partial charge is 0.115 e. The van der Waals surface area contributed by atoms with E-state index in [2.05, 4.69) is 23.7 Å². The summed E-state index contributed by atoms with van der Waals surface area (Å²) in [6, 6.07) is 15.2. The predicted octanol–water partition coefficient (Wildman–Crippen LogP) is 3.05. The van der Waals surface area contributed by atoms with Gasteiger partial charge in [-0.3, -0.25) is 0 Å². The molecular weight excluding hydrogens is 216 g/mol. The third-order valence-electron chi connectivity index (χ3n) is 2.41. The molecule has 0 aliphatic rings. The van der Waals surface area contributed by atoms with Gasteiger partial charge in [-0.1, -0.05) is 35.8 Å². The number of benzene rings is 2. The van der Waals surface area contributed by atoms with Crippen molar-refractivity contribution in [3.8, 4) is 36.5 Å². The molecule has 0 heterocycles. The lowest BCUT2D eigenvalue weighted by atomic mass is 10.1. The minimum atomic E-state index is 0.833. The van der Waals surface area contributed by atoms with Crippen molar-refractivity contribution in [1.29, 1.82) is 0 Å². The first-order chi connectivity index (χ1) is 8.81. The molecule has 0 N–H and O–H groups in total. The summed E-state index contributed by atoms with van der Waals surface area (Å²) in [5, 5.41) is 0. The van der Waals surface area contributed by atoms with Crippen molar-refractivity contribution in [3.05, 3.63) is 70.8 Å². The van der Waals surface area contributed by atoms with Crippen LogP contribution in [-0.2, 0) is 0 Å². The van der Waals surface area contributed by atoms with Gasteiger partial charge in [0.2, 0.25) is 0 Å². The normalized spacial score (nSPS) is 8.56. The second-order valence-electron chi connectivity index (χ2n) is 3.70. The van der Waals surface area contributed by atoms with E-state index in [-0.39, 0.29) is 0 Å². The second-order valence-corrected chi connectivity index (χ2v) is 3.70. The zero-order valence-electron chi connectivity index (χ0n) is 9.77. The summed E-state index contributed by atoms with van der Waals surface area (Å²) in [5.74, 6) is 11.3. The molecule has 0 spiro atoms. The Morgan fingerprint density at radius 2 is 1.00 bits per heavy atom. The monoisotopic (exact) mass is 226 g/mol. The molecule has 0 amide bonds. The molecule has 0 aliphatic heterocycles. The number of terminal acetylenes is 2. The van der Waals surface area contributed by atoms with E-state index >= 15 is 0 Å². The first-order valence-corrected chi connectivity index (χ1v) is 5.47. The molecule has 0 unspecified atom stereocenters. The van der Waals surface area contributed by atoms with Crippen molar-refractivity contribution in [2.24, 2.45) is 0 Å². The van der Waals surface area contributed by atoms with E-state index in [0.717, 1.165) is 22.3 Å². The van der Waals surface area contributed by atoms with Gasteiger partial charge >= 0.3 is 0 Å². The number of hydrogen-bond donors (Lipinski definition) is 0. The zero-order chi connectivity index (χ0) is 12.8. The molecule has 2 rings (SSSR count). The van der Waals surface area contributed by atoms with Gasteiger partial charge < -0.3 is 0 Å². The molecule has 0 heteroatoms. The van der Waals surface area contributed by atoms with Crippen LogP contribution in [0.25, 0.3) is 0 Å². The number of hydrogen-bond acceptors (Lipinski definition) is 0. The van der Waals surface area contributed by atoms with Crippen LogP contribution in [-0.4, -0.2) is 0 Å². The standard InChI is InChI=1S/C18H10/c1-3-15-7-5-9-17(13-15)11-12-18-10-6-8-16(4-2)14-18/h1-2,5-10,13-14H. The maximum atomic E-state index is 5.34. The van der Waals surface area contributed by atoms with Gasteiger partial charge in [0, 0.05) is 22.3 Å². The summed E-state index contributed by atoms with van der Waals surface area (Å²) >= 11 is 0. The molecule has 0 nitrogen and oxygen atoms in total. The lowest BCUT2D eigenvalue weighted by Crippen LogP contribution is -1.80. The molecule has 2 aromatic rings. The summed E-state index contributed by atoms with van der Waals surface area (Å²) < 4.78 is 0. The van der Waals surface area contributed by atoms with Gasteiger partial charge in [-0.05, 0) is 36.4 Å². The maximum absolute atomic E-state index is 5.34. The van der Waals surface area contributed by atoms with Crippen molar-refractivity contribution in [2.45, 2.75) is 0 Å². The van der Waals surface area contributed by atoms with Gasteiger partial charge in [0.25, 0.3) is 0 Å². The minimum Gasteiger partial charge on any atom is -0.115 e. The van der Waals surface area contributed by atoms with Crippen LogP contribution in [0.4, 0.5) is 0 Å². The molecule has 82 valence electrons. The lowest BCUT2D eigenvalue weighted by Gasteiger charge is -1.93. The molecule has 0 saturated heterocycles. The summed E-state index contributed by atoms with van der Waals surface area (Å²) in [4.78, 5) is 0. The Labute approximate surface area is 108 Å². The molecule has 0 radical (unpaired) electrons. The van der Waals surface area contributed by atoms with Crippen molar-refractivity contribution < 1.29 is 0 Å². The molecule has 0 fully saturated rings. The summed E-state index contributed by atoms with van der Waals surface area (Å²) in [6.07, 6.45) is 10.7. The lowest BCUT2D eigenvalue weighted by molar-refractivity contribution is 1.58. The first kappa shape index (κ1) is 11.6. The quantitative estimate of drug-likeness (QED) is 0.606. The SMILES string of the molecule is C#Cc1cccc(C#Cc2cccc(C#C)c2)c1. The Bertz CT molecular complexity index is 648. The highest BCUT2D eigenvalue weighted by Gasteiger charge is 1.91. The van der Waals surface area contributed by atoms with Gasteiger partial charge in [0.05, 0.1) is 0 Å². The zero-order valence-corrected chi connectivity index (χ0v) is 9.77. The topological polar surface area (TPSA) is 0 Å². The molecule has 0 bridgehead atoms. The van der Waals surface area contributed by atoms with Crippen molar-refractivity contribution in [1.82, 2.24) is 0 Å². The predicted molar refractivity (Wildman–Crippen MR) is 74.7 cm³/mol. The minimum absolute atomic E-state index is 0.833. The molecule has 18 heavy (non-hydrogen) atoms. The van der Waals surface area contributed by atoms with Gasteiger partial charge in [-0.15, -0.1) is 12.8 Å². The molecule has 0 aliphatic carbocycles. The van der Waals surface area contributed by atoms with E-state index in [9.17, 15) is 0 Å². The third-order valence-corrected chi connectivity index (χ3v) is 2.41. The van der Waals surface area contributed by atoms with E-state index < -0.39 is 0 Å². The van der Waals surface area contributed by atoms with Crippen LogP contribution in [0.5, 0.6) is 0 Å². The summed E-state index contributed by atoms with van der Waals surface area (Å²) in [6.45, 7) is 0. The molecule has 0 atom stereocenters. The van der Waals surface area contributed by atoms with E-state index in [1.54, 1.807) is 0 Å². The second kappa shape index (κ2) is 5.45. The molecular formula is C18H10. The highest BCUT2D eigenvalue weighted by atomic mass is 13.9. The molecule has 0 saturated carbocycles. The number of rotatable bonds is 0. The highest BCUT2D eigenvalue weighted by Crippen LogP contribution is 2.05. The van der Waals surface area contributed by atoms with E-state index in [1.165, 1.54) is 0 Å². The van der Waals surface area contributed by atoms with Crippen molar-refractivity contribution in [2.75, 3.05) is 0 Å². The Kier molecular flexibility index (Phi) is 3.51. The fourth-order valence-corrected chi connectivity index (χ4v) is 1.52. The summed E-state index contributed by atoms with van der Waals surface area (Å²) in [5.41, 5.74) is 3.46. The smallest absolute Gasteiger partial charge is 0.0261 e. The average molecular weight is 226 g/mol. The van der Waals surface area contributed by atoms with Crippen LogP contribution in [0.15, 0.2) is 48.5 Å². The van der Waals surface area contributed by atoms with Crippen LogP contribution >= 0.6 is 0 Å². The maximum Gasteiger partial charge on any atom is 0.0261 e. The van der Waals surface area contributed by atoms with Crippen LogP contribution in [0.2, 0.25) is 0 Å². The third kappa shape index (κ3) is 2.82. The van der Waals surface area contributed by atoms with Crippen LogP contribution in [0.1, 0.15) is 22.3 Å². The van der Waals surface area contributed by atoms with E-state index in [4.69, 9.17) is 12.8 Å². The van der Waals surface area contributed by atoms with E-state index in [1.807, 2.05) is 48.5 Å². The van der Waals surface area contributed by atoms with Gasteiger partial charge in [0.1, 0.15) is 0 Å². The fourth-order valence-electron chi connectivity index (χ4n) is 1.52. The Morgan fingerprint density at radius 1 is 0.611 bits per heavy atom. The first-order valence-electron chi connectivity index (χ1n) is 5.47. The van der Waals surface area contributed by atoms with Crippen LogP contribution < -0.4 is 0 Å². The van der Waals surface area contributed by atoms with Crippen LogP contribution in [0, 0.1) is 36.5 Å². The van der Waals surface area contributed by atoms with Crippen molar-refractivity contribution >= 4 is 0 Å².